The van der Waals surface area contributed by atoms with Crippen LogP contribution in [-0.4, -0.2) is 32.4 Å². The van der Waals surface area contributed by atoms with E-state index >= 15 is 0 Å². The quantitative estimate of drug-likeness (QED) is 0.875. The van der Waals surface area contributed by atoms with E-state index in [1.165, 1.54) is 16.4 Å². The van der Waals surface area contributed by atoms with Gasteiger partial charge in [-0.1, -0.05) is 6.07 Å². The van der Waals surface area contributed by atoms with Crippen molar-refractivity contribution in [2.75, 3.05) is 19.7 Å². The SMILES string of the molecule is CCOc1ccc([C@H](C)NS(=O)(=O)N2CCCC2)cc1F. The first-order valence-corrected chi connectivity index (χ1v) is 8.57. The Hall–Kier alpha value is -1.18. The van der Waals surface area contributed by atoms with Crippen LogP contribution in [0.3, 0.4) is 0 Å². The molecule has 0 aromatic heterocycles. The molecule has 5 nitrogen and oxygen atoms in total. The summed E-state index contributed by atoms with van der Waals surface area (Å²) < 4.78 is 47.3. The number of nitrogens with one attached hydrogen (secondary N) is 1. The van der Waals surface area contributed by atoms with Gasteiger partial charge < -0.3 is 4.74 Å². The summed E-state index contributed by atoms with van der Waals surface area (Å²) in [7, 11) is -3.51. The molecule has 0 unspecified atom stereocenters. The topological polar surface area (TPSA) is 58.6 Å². The minimum absolute atomic E-state index is 0.177. The van der Waals surface area contributed by atoms with E-state index < -0.39 is 22.1 Å². The highest BCUT2D eigenvalue weighted by Crippen LogP contribution is 2.23. The van der Waals surface area contributed by atoms with E-state index in [1.807, 2.05) is 0 Å². The summed E-state index contributed by atoms with van der Waals surface area (Å²) in [5, 5.41) is 0. The molecule has 21 heavy (non-hydrogen) atoms. The second kappa shape index (κ2) is 6.72. The van der Waals surface area contributed by atoms with Crippen molar-refractivity contribution >= 4 is 10.2 Å². The number of hydrogen-bond donors (Lipinski definition) is 1. The molecule has 1 aliphatic heterocycles. The smallest absolute Gasteiger partial charge is 0.279 e. The van der Waals surface area contributed by atoms with Crippen molar-refractivity contribution in [1.82, 2.24) is 9.03 Å². The monoisotopic (exact) mass is 316 g/mol. The van der Waals surface area contributed by atoms with Crippen LogP contribution >= 0.6 is 0 Å². The van der Waals surface area contributed by atoms with Crippen LogP contribution in [-0.2, 0) is 10.2 Å². The van der Waals surface area contributed by atoms with Gasteiger partial charge in [-0.05, 0) is 44.4 Å². The molecule has 0 radical (unpaired) electrons. The number of halogens is 1. The summed E-state index contributed by atoms with van der Waals surface area (Å²) >= 11 is 0. The lowest BCUT2D eigenvalue weighted by Gasteiger charge is -2.20. The molecule has 1 aliphatic rings. The molecule has 1 atom stereocenters. The lowest BCUT2D eigenvalue weighted by Crippen LogP contribution is -2.40. The van der Waals surface area contributed by atoms with Crippen molar-refractivity contribution in [1.29, 1.82) is 0 Å². The fourth-order valence-corrected chi connectivity index (χ4v) is 3.82. The lowest BCUT2D eigenvalue weighted by molar-refractivity contribution is 0.321. The van der Waals surface area contributed by atoms with Crippen molar-refractivity contribution in [3.8, 4) is 5.75 Å². The summed E-state index contributed by atoms with van der Waals surface area (Å²) in [4.78, 5) is 0. The van der Waals surface area contributed by atoms with Crippen molar-refractivity contribution in [2.24, 2.45) is 0 Å². The third-order valence-corrected chi connectivity index (χ3v) is 5.18. The molecule has 1 heterocycles. The zero-order chi connectivity index (χ0) is 15.5. The zero-order valence-corrected chi connectivity index (χ0v) is 13.1. The fraction of sp³-hybridized carbons (Fsp3) is 0.571. The van der Waals surface area contributed by atoms with Crippen LogP contribution in [0.15, 0.2) is 18.2 Å². The number of ether oxygens (including phenoxy) is 1. The van der Waals surface area contributed by atoms with Gasteiger partial charge in [-0.15, -0.1) is 0 Å². The Kier molecular flexibility index (Phi) is 5.18. The summed E-state index contributed by atoms with van der Waals surface area (Å²) in [6.07, 6.45) is 1.76. The molecule has 0 bridgehead atoms. The molecule has 0 aliphatic carbocycles. The Morgan fingerprint density at radius 2 is 2.05 bits per heavy atom. The van der Waals surface area contributed by atoms with Gasteiger partial charge in [0.25, 0.3) is 10.2 Å². The lowest BCUT2D eigenvalue weighted by atomic mass is 10.1. The van der Waals surface area contributed by atoms with Gasteiger partial charge in [-0.25, -0.2) is 4.39 Å². The Morgan fingerprint density at radius 1 is 1.38 bits per heavy atom. The van der Waals surface area contributed by atoms with Gasteiger partial charge in [-0.2, -0.15) is 17.4 Å². The van der Waals surface area contributed by atoms with E-state index in [9.17, 15) is 12.8 Å². The Bertz CT molecular complexity index is 586. The molecular formula is C14H21FN2O3S. The van der Waals surface area contributed by atoms with Gasteiger partial charge in [0.2, 0.25) is 0 Å². The third kappa shape index (κ3) is 3.93. The maximum atomic E-state index is 13.8. The molecule has 1 aromatic carbocycles. The molecular weight excluding hydrogens is 295 g/mol. The summed E-state index contributed by atoms with van der Waals surface area (Å²) in [5.74, 6) is -0.308. The first kappa shape index (κ1) is 16.2. The number of rotatable bonds is 6. The standard InChI is InChI=1S/C14H21FN2O3S/c1-3-20-14-7-6-12(10-13(14)15)11(2)16-21(18,19)17-8-4-5-9-17/h6-7,10-11,16H,3-5,8-9H2,1-2H3/t11-/m0/s1. The summed E-state index contributed by atoms with van der Waals surface area (Å²) in [6, 6.07) is 4.00. The molecule has 1 saturated heterocycles. The van der Waals surface area contributed by atoms with E-state index in [1.54, 1.807) is 19.9 Å². The van der Waals surface area contributed by atoms with E-state index in [0.29, 0.717) is 25.3 Å². The largest absolute Gasteiger partial charge is 0.491 e. The Morgan fingerprint density at radius 3 is 2.62 bits per heavy atom. The molecule has 0 amide bonds. The second-order valence-electron chi connectivity index (χ2n) is 5.07. The molecule has 2 rings (SSSR count). The Labute approximate surface area is 125 Å². The van der Waals surface area contributed by atoms with Crippen LogP contribution in [0.2, 0.25) is 0 Å². The molecule has 7 heteroatoms. The zero-order valence-electron chi connectivity index (χ0n) is 12.3. The van der Waals surface area contributed by atoms with Crippen LogP contribution in [0.4, 0.5) is 4.39 Å². The summed E-state index contributed by atoms with van der Waals surface area (Å²) in [6.45, 7) is 4.94. The molecule has 0 saturated carbocycles. The van der Waals surface area contributed by atoms with E-state index in [0.717, 1.165) is 12.8 Å². The van der Waals surface area contributed by atoms with Crippen LogP contribution in [0.5, 0.6) is 5.75 Å². The fourth-order valence-electron chi connectivity index (χ4n) is 2.35. The van der Waals surface area contributed by atoms with Crippen molar-refractivity contribution in [3.05, 3.63) is 29.6 Å². The maximum absolute atomic E-state index is 13.8. The molecule has 0 spiro atoms. The number of nitrogens with zero attached hydrogens (tertiary/aromatic N) is 1. The predicted octanol–water partition coefficient (Wildman–Crippen LogP) is 2.22. The van der Waals surface area contributed by atoms with E-state index in [4.69, 9.17) is 4.74 Å². The maximum Gasteiger partial charge on any atom is 0.279 e. The first-order valence-electron chi connectivity index (χ1n) is 7.13. The van der Waals surface area contributed by atoms with Gasteiger partial charge in [0.1, 0.15) is 0 Å². The van der Waals surface area contributed by atoms with Gasteiger partial charge in [0.15, 0.2) is 11.6 Å². The highest BCUT2D eigenvalue weighted by molar-refractivity contribution is 7.87. The Balaban J connectivity index is 2.09. The van der Waals surface area contributed by atoms with Crippen LogP contribution in [0.25, 0.3) is 0 Å². The first-order chi connectivity index (χ1) is 9.94. The highest BCUT2D eigenvalue weighted by Gasteiger charge is 2.27. The normalized spacial score (nSPS) is 17.9. The van der Waals surface area contributed by atoms with Crippen LogP contribution in [0.1, 0.15) is 38.3 Å². The number of benzene rings is 1. The third-order valence-electron chi connectivity index (χ3n) is 3.49. The number of hydrogen-bond acceptors (Lipinski definition) is 3. The van der Waals surface area contributed by atoms with Gasteiger partial charge in [0, 0.05) is 19.1 Å². The minimum atomic E-state index is -3.51. The molecule has 1 aromatic rings. The van der Waals surface area contributed by atoms with E-state index in [2.05, 4.69) is 4.72 Å². The molecule has 118 valence electrons. The van der Waals surface area contributed by atoms with Crippen molar-refractivity contribution < 1.29 is 17.5 Å². The van der Waals surface area contributed by atoms with Crippen LogP contribution < -0.4 is 9.46 Å². The molecule has 1 fully saturated rings. The second-order valence-corrected chi connectivity index (χ2v) is 6.78. The highest BCUT2D eigenvalue weighted by atomic mass is 32.2. The van der Waals surface area contributed by atoms with E-state index in [-0.39, 0.29) is 5.75 Å². The van der Waals surface area contributed by atoms with Crippen molar-refractivity contribution in [2.45, 2.75) is 32.7 Å². The molecule has 1 N–H and O–H groups in total. The van der Waals surface area contributed by atoms with Crippen LogP contribution in [0, 0.1) is 5.82 Å². The average Bonchev–Trinajstić information content (AvgIpc) is 2.95. The summed E-state index contributed by atoms with van der Waals surface area (Å²) in [5.41, 5.74) is 0.568. The van der Waals surface area contributed by atoms with Gasteiger partial charge in [0.05, 0.1) is 6.61 Å². The minimum Gasteiger partial charge on any atom is -0.491 e. The average molecular weight is 316 g/mol. The van der Waals surface area contributed by atoms with Crippen molar-refractivity contribution in [3.63, 3.8) is 0 Å². The van der Waals surface area contributed by atoms with Gasteiger partial charge >= 0.3 is 0 Å². The van der Waals surface area contributed by atoms with Gasteiger partial charge in [-0.3, -0.25) is 0 Å². The predicted molar refractivity (Wildman–Crippen MR) is 78.8 cm³/mol.